The Morgan fingerprint density at radius 1 is 1.29 bits per heavy atom. The lowest BCUT2D eigenvalue weighted by atomic mass is 9.92. The average Bonchev–Trinajstić information content (AvgIpc) is 2.48. The van der Waals surface area contributed by atoms with E-state index in [2.05, 4.69) is 36.3 Å². The van der Waals surface area contributed by atoms with Gasteiger partial charge < -0.3 is 20.3 Å². The van der Waals surface area contributed by atoms with Crippen molar-refractivity contribution in [1.29, 1.82) is 0 Å². The van der Waals surface area contributed by atoms with Crippen LogP contribution in [-0.2, 0) is 0 Å². The van der Waals surface area contributed by atoms with Gasteiger partial charge in [0.15, 0.2) is 0 Å². The van der Waals surface area contributed by atoms with Crippen LogP contribution in [0.15, 0.2) is 24.3 Å². The van der Waals surface area contributed by atoms with Gasteiger partial charge in [-0.05, 0) is 44.2 Å². The van der Waals surface area contributed by atoms with Gasteiger partial charge in [-0.1, -0.05) is 26.0 Å². The first-order valence-electron chi connectivity index (χ1n) is 8.99. The standard InChI is InChI=1S/C19H31N3O2/c1-5-24-18-9-7-6-8-17(18)21-19(23)20-16(4)13-22-11-14(2)10-15(3)12-22/h6-9,14-16H,5,10-13H2,1-4H3,(H2,20,21,23)/t14-,15+,16-/m0/s1. The summed E-state index contributed by atoms with van der Waals surface area (Å²) in [6, 6.07) is 7.41. The number of carbonyl (C=O) groups excluding carboxylic acids is 1. The van der Waals surface area contributed by atoms with Gasteiger partial charge in [-0.2, -0.15) is 0 Å². The Morgan fingerprint density at radius 2 is 1.96 bits per heavy atom. The van der Waals surface area contributed by atoms with E-state index < -0.39 is 0 Å². The maximum atomic E-state index is 12.3. The van der Waals surface area contributed by atoms with Crippen LogP contribution >= 0.6 is 0 Å². The van der Waals surface area contributed by atoms with Crippen molar-refractivity contribution in [3.8, 4) is 5.75 Å². The van der Waals surface area contributed by atoms with Gasteiger partial charge in [-0.3, -0.25) is 0 Å². The summed E-state index contributed by atoms with van der Waals surface area (Å²) in [7, 11) is 0. The monoisotopic (exact) mass is 333 g/mol. The average molecular weight is 333 g/mol. The fourth-order valence-corrected chi connectivity index (χ4v) is 3.61. The van der Waals surface area contributed by atoms with Gasteiger partial charge in [-0.15, -0.1) is 0 Å². The minimum atomic E-state index is -0.187. The zero-order valence-electron chi connectivity index (χ0n) is 15.3. The molecule has 24 heavy (non-hydrogen) atoms. The number of hydrogen-bond acceptors (Lipinski definition) is 3. The van der Waals surface area contributed by atoms with E-state index in [0.29, 0.717) is 18.0 Å². The third kappa shape index (κ3) is 5.71. The molecule has 1 aliphatic heterocycles. The SMILES string of the molecule is CCOc1ccccc1NC(=O)N[C@@H](C)CN1C[C@H](C)C[C@H](C)C1. The van der Waals surface area contributed by atoms with Crippen LogP contribution in [0, 0.1) is 11.8 Å². The first-order chi connectivity index (χ1) is 11.5. The molecule has 5 heteroatoms. The van der Waals surface area contributed by atoms with Crippen LogP contribution in [0.5, 0.6) is 5.75 Å². The van der Waals surface area contributed by atoms with Crippen LogP contribution in [0.2, 0.25) is 0 Å². The number of nitrogens with zero attached hydrogens (tertiary/aromatic N) is 1. The molecule has 1 aliphatic rings. The number of carbonyl (C=O) groups is 1. The quantitative estimate of drug-likeness (QED) is 0.837. The highest BCUT2D eigenvalue weighted by molar-refractivity contribution is 5.91. The number of ether oxygens (including phenoxy) is 1. The molecule has 3 atom stereocenters. The number of para-hydroxylation sites is 2. The molecule has 0 aromatic heterocycles. The summed E-state index contributed by atoms with van der Waals surface area (Å²) in [6.45, 7) is 12.3. The Kier molecular flexibility index (Phi) is 6.91. The first kappa shape index (κ1) is 18.6. The molecule has 0 aliphatic carbocycles. The van der Waals surface area contributed by atoms with Gasteiger partial charge in [0.05, 0.1) is 12.3 Å². The smallest absolute Gasteiger partial charge is 0.319 e. The Morgan fingerprint density at radius 3 is 2.62 bits per heavy atom. The second-order valence-corrected chi connectivity index (χ2v) is 7.09. The number of piperidine rings is 1. The lowest BCUT2D eigenvalue weighted by Gasteiger charge is -2.36. The van der Waals surface area contributed by atoms with Crippen molar-refractivity contribution in [3.05, 3.63) is 24.3 Å². The molecule has 0 spiro atoms. The van der Waals surface area contributed by atoms with Crippen molar-refractivity contribution in [2.24, 2.45) is 11.8 Å². The number of urea groups is 1. The number of nitrogens with one attached hydrogen (secondary N) is 2. The lowest BCUT2D eigenvalue weighted by Crippen LogP contribution is -2.47. The van der Waals surface area contributed by atoms with Crippen LogP contribution < -0.4 is 15.4 Å². The molecule has 1 saturated heterocycles. The van der Waals surface area contributed by atoms with E-state index >= 15 is 0 Å². The molecule has 134 valence electrons. The summed E-state index contributed by atoms with van der Waals surface area (Å²) in [5.74, 6) is 2.15. The number of rotatable bonds is 6. The maximum Gasteiger partial charge on any atom is 0.319 e. The molecule has 1 heterocycles. The molecule has 0 radical (unpaired) electrons. The number of hydrogen-bond donors (Lipinski definition) is 2. The van der Waals surface area contributed by atoms with Crippen molar-refractivity contribution < 1.29 is 9.53 Å². The van der Waals surface area contributed by atoms with Crippen LogP contribution in [0.3, 0.4) is 0 Å². The highest BCUT2D eigenvalue weighted by Crippen LogP contribution is 2.23. The van der Waals surface area contributed by atoms with Crippen LogP contribution in [0.1, 0.15) is 34.1 Å². The zero-order valence-corrected chi connectivity index (χ0v) is 15.3. The summed E-state index contributed by atoms with van der Waals surface area (Å²) < 4.78 is 5.54. The fraction of sp³-hybridized carbons (Fsp3) is 0.632. The van der Waals surface area contributed by atoms with E-state index in [-0.39, 0.29) is 12.1 Å². The molecule has 5 nitrogen and oxygen atoms in total. The van der Waals surface area contributed by atoms with Crippen molar-refractivity contribution in [2.75, 3.05) is 31.6 Å². The number of amides is 2. The van der Waals surface area contributed by atoms with Gasteiger partial charge in [-0.25, -0.2) is 4.79 Å². The summed E-state index contributed by atoms with van der Waals surface area (Å²) in [5.41, 5.74) is 0.698. The van der Waals surface area contributed by atoms with Crippen LogP contribution in [-0.4, -0.2) is 43.2 Å². The van der Waals surface area contributed by atoms with E-state index in [0.717, 1.165) is 31.5 Å². The molecular formula is C19H31N3O2. The van der Waals surface area contributed by atoms with E-state index in [1.54, 1.807) is 0 Å². The summed E-state index contributed by atoms with van der Waals surface area (Å²) >= 11 is 0. The van der Waals surface area contributed by atoms with Gasteiger partial charge in [0.1, 0.15) is 5.75 Å². The molecule has 0 saturated carbocycles. The third-order valence-electron chi connectivity index (χ3n) is 4.29. The summed E-state index contributed by atoms with van der Waals surface area (Å²) in [6.07, 6.45) is 1.30. The van der Waals surface area contributed by atoms with E-state index in [1.165, 1.54) is 6.42 Å². The Labute approximate surface area is 145 Å². The van der Waals surface area contributed by atoms with Crippen LogP contribution in [0.4, 0.5) is 10.5 Å². The third-order valence-corrected chi connectivity index (χ3v) is 4.29. The van der Waals surface area contributed by atoms with Gasteiger partial charge in [0.25, 0.3) is 0 Å². The number of likely N-dealkylation sites (tertiary alicyclic amines) is 1. The number of benzene rings is 1. The second-order valence-electron chi connectivity index (χ2n) is 7.09. The van der Waals surface area contributed by atoms with Crippen molar-refractivity contribution in [3.63, 3.8) is 0 Å². The minimum absolute atomic E-state index is 0.0988. The molecule has 2 amide bonds. The molecule has 1 aromatic carbocycles. The highest BCUT2D eigenvalue weighted by Gasteiger charge is 2.23. The van der Waals surface area contributed by atoms with Crippen molar-refractivity contribution in [1.82, 2.24) is 10.2 Å². The largest absolute Gasteiger partial charge is 0.492 e. The topological polar surface area (TPSA) is 53.6 Å². The van der Waals surface area contributed by atoms with Gasteiger partial charge in [0, 0.05) is 25.7 Å². The van der Waals surface area contributed by atoms with E-state index in [9.17, 15) is 4.79 Å². The summed E-state index contributed by atoms with van der Waals surface area (Å²) in [4.78, 5) is 14.7. The molecule has 0 bridgehead atoms. The van der Waals surface area contributed by atoms with E-state index in [4.69, 9.17) is 4.74 Å². The lowest BCUT2D eigenvalue weighted by molar-refractivity contribution is 0.132. The maximum absolute atomic E-state index is 12.3. The fourth-order valence-electron chi connectivity index (χ4n) is 3.61. The van der Waals surface area contributed by atoms with Gasteiger partial charge in [0.2, 0.25) is 0 Å². The van der Waals surface area contributed by atoms with Crippen molar-refractivity contribution >= 4 is 11.7 Å². The Bertz CT molecular complexity index is 525. The normalized spacial score (nSPS) is 22.7. The number of anilines is 1. The molecule has 2 N–H and O–H groups in total. The molecule has 2 rings (SSSR count). The summed E-state index contributed by atoms with van der Waals surface area (Å²) in [5, 5.41) is 5.91. The first-order valence-corrected chi connectivity index (χ1v) is 8.99. The van der Waals surface area contributed by atoms with E-state index in [1.807, 2.05) is 31.2 Å². The minimum Gasteiger partial charge on any atom is -0.492 e. The molecule has 1 fully saturated rings. The van der Waals surface area contributed by atoms with Gasteiger partial charge >= 0.3 is 6.03 Å². The Hall–Kier alpha value is -1.75. The molecular weight excluding hydrogens is 302 g/mol. The van der Waals surface area contributed by atoms with Crippen molar-refractivity contribution in [2.45, 2.75) is 40.2 Å². The predicted octanol–water partition coefficient (Wildman–Crippen LogP) is 3.57. The Balaban J connectivity index is 1.83. The van der Waals surface area contributed by atoms with Crippen LogP contribution in [0.25, 0.3) is 0 Å². The molecule has 0 unspecified atom stereocenters. The molecule has 1 aromatic rings. The highest BCUT2D eigenvalue weighted by atomic mass is 16.5. The zero-order chi connectivity index (χ0) is 17.5. The second kappa shape index (κ2) is 8.92. The predicted molar refractivity (Wildman–Crippen MR) is 98.6 cm³/mol.